The van der Waals surface area contributed by atoms with Crippen molar-refractivity contribution < 1.29 is 0 Å². The zero-order valence-corrected chi connectivity index (χ0v) is 7.02. The molecule has 1 aromatic rings. The normalized spacial score (nSPS) is 10.3. The predicted octanol–water partition coefficient (Wildman–Crippen LogP) is 2.15. The Hall–Kier alpha value is -0.720. The summed E-state index contributed by atoms with van der Waals surface area (Å²) in [5.41, 5.74) is 2.87. The lowest BCUT2D eigenvalue weighted by Gasteiger charge is -1.95. The second-order valence-corrected chi connectivity index (χ2v) is 2.66. The van der Waals surface area contributed by atoms with Crippen LogP contribution in [0.3, 0.4) is 0 Å². The van der Waals surface area contributed by atoms with E-state index in [1.807, 2.05) is 0 Å². The SMILES string of the molecule is CCc1cc(CC)n(C)c1. The Balaban J connectivity index is 2.92. The lowest BCUT2D eigenvalue weighted by Crippen LogP contribution is -1.90. The molecule has 0 aliphatic heterocycles. The summed E-state index contributed by atoms with van der Waals surface area (Å²) in [6.45, 7) is 4.38. The average molecular weight is 137 g/mol. The van der Waals surface area contributed by atoms with Gasteiger partial charge in [0.15, 0.2) is 0 Å². The van der Waals surface area contributed by atoms with Crippen LogP contribution in [0.15, 0.2) is 12.3 Å². The molecule has 10 heavy (non-hydrogen) atoms. The van der Waals surface area contributed by atoms with Crippen molar-refractivity contribution in [3.8, 4) is 0 Å². The Morgan fingerprint density at radius 2 is 2.00 bits per heavy atom. The summed E-state index contributed by atoms with van der Waals surface area (Å²) in [5, 5.41) is 0. The Bertz CT molecular complexity index is 211. The fraction of sp³-hybridized carbons (Fsp3) is 0.556. The van der Waals surface area contributed by atoms with Gasteiger partial charge in [0.25, 0.3) is 0 Å². The minimum Gasteiger partial charge on any atom is -0.354 e. The summed E-state index contributed by atoms with van der Waals surface area (Å²) in [7, 11) is 2.11. The van der Waals surface area contributed by atoms with Crippen molar-refractivity contribution in [3.05, 3.63) is 23.5 Å². The van der Waals surface area contributed by atoms with Crippen molar-refractivity contribution in [2.75, 3.05) is 0 Å². The number of nitrogens with zero attached hydrogens (tertiary/aromatic N) is 1. The molecule has 0 fully saturated rings. The largest absolute Gasteiger partial charge is 0.354 e. The second-order valence-electron chi connectivity index (χ2n) is 2.66. The third kappa shape index (κ3) is 1.23. The van der Waals surface area contributed by atoms with E-state index in [2.05, 4.69) is 37.7 Å². The van der Waals surface area contributed by atoms with E-state index in [0.717, 1.165) is 12.8 Å². The van der Waals surface area contributed by atoms with E-state index >= 15 is 0 Å². The predicted molar refractivity (Wildman–Crippen MR) is 44.2 cm³/mol. The van der Waals surface area contributed by atoms with Crippen LogP contribution in [0.25, 0.3) is 0 Å². The zero-order valence-electron chi connectivity index (χ0n) is 7.02. The molecule has 0 unspecified atom stereocenters. The standard InChI is InChI=1S/C9H15N/c1-4-8-6-9(5-2)10(3)7-8/h6-7H,4-5H2,1-3H3. The number of rotatable bonds is 2. The molecule has 1 nitrogen and oxygen atoms in total. The van der Waals surface area contributed by atoms with Crippen LogP contribution < -0.4 is 0 Å². The van der Waals surface area contributed by atoms with Crippen LogP contribution in [0, 0.1) is 0 Å². The molecule has 0 aliphatic rings. The molecule has 0 bridgehead atoms. The first-order chi connectivity index (χ1) is 4.77. The van der Waals surface area contributed by atoms with E-state index in [4.69, 9.17) is 0 Å². The highest BCUT2D eigenvalue weighted by Crippen LogP contribution is 2.07. The van der Waals surface area contributed by atoms with E-state index in [1.165, 1.54) is 11.3 Å². The van der Waals surface area contributed by atoms with Crippen molar-refractivity contribution in [3.63, 3.8) is 0 Å². The minimum absolute atomic E-state index is 1.14. The second kappa shape index (κ2) is 2.91. The lowest BCUT2D eigenvalue weighted by molar-refractivity contribution is 0.836. The highest BCUT2D eigenvalue weighted by molar-refractivity contribution is 5.18. The van der Waals surface area contributed by atoms with Crippen LogP contribution in [0.1, 0.15) is 25.1 Å². The molecule has 56 valence electrons. The maximum atomic E-state index is 2.28. The summed E-state index contributed by atoms with van der Waals surface area (Å²) in [5.74, 6) is 0. The van der Waals surface area contributed by atoms with Crippen LogP contribution in [-0.4, -0.2) is 4.57 Å². The van der Waals surface area contributed by atoms with Gasteiger partial charge in [-0.15, -0.1) is 0 Å². The summed E-state index contributed by atoms with van der Waals surface area (Å²) in [6, 6.07) is 2.28. The van der Waals surface area contributed by atoms with Gasteiger partial charge in [-0.05, 0) is 24.5 Å². The Kier molecular flexibility index (Phi) is 2.15. The molecule has 1 heterocycles. The Labute approximate surface area is 62.7 Å². The van der Waals surface area contributed by atoms with Gasteiger partial charge < -0.3 is 4.57 Å². The third-order valence-electron chi connectivity index (χ3n) is 1.94. The third-order valence-corrected chi connectivity index (χ3v) is 1.94. The number of hydrogen-bond donors (Lipinski definition) is 0. The first-order valence-electron chi connectivity index (χ1n) is 3.92. The molecule has 0 saturated carbocycles. The molecular formula is C9H15N. The highest BCUT2D eigenvalue weighted by Gasteiger charge is 1.97. The lowest BCUT2D eigenvalue weighted by atomic mass is 10.2. The van der Waals surface area contributed by atoms with E-state index in [0.29, 0.717) is 0 Å². The molecule has 0 saturated heterocycles. The molecule has 1 rings (SSSR count). The van der Waals surface area contributed by atoms with Gasteiger partial charge in [0.2, 0.25) is 0 Å². The monoisotopic (exact) mass is 137 g/mol. The fourth-order valence-electron chi connectivity index (χ4n) is 1.23. The van der Waals surface area contributed by atoms with Crippen LogP contribution in [0.5, 0.6) is 0 Å². The molecule has 1 heteroatoms. The van der Waals surface area contributed by atoms with Crippen molar-refractivity contribution >= 4 is 0 Å². The Morgan fingerprint density at radius 3 is 2.30 bits per heavy atom. The van der Waals surface area contributed by atoms with Crippen LogP contribution in [0.4, 0.5) is 0 Å². The van der Waals surface area contributed by atoms with Crippen LogP contribution in [0.2, 0.25) is 0 Å². The van der Waals surface area contributed by atoms with Gasteiger partial charge >= 0.3 is 0 Å². The van der Waals surface area contributed by atoms with Gasteiger partial charge in [-0.3, -0.25) is 0 Å². The maximum Gasteiger partial charge on any atom is 0.0171 e. The van der Waals surface area contributed by atoms with Crippen molar-refractivity contribution in [2.45, 2.75) is 26.7 Å². The van der Waals surface area contributed by atoms with E-state index in [-0.39, 0.29) is 0 Å². The summed E-state index contributed by atoms with van der Waals surface area (Å²) >= 11 is 0. The first kappa shape index (κ1) is 7.39. The van der Waals surface area contributed by atoms with E-state index in [9.17, 15) is 0 Å². The molecular weight excluding hydrogens is 122 g/mol. The first-order valence-corrected chi connectivity index (χ1v) is 3.92. The molecule has 0 radical (unpaired) electrons. The van der Waals surface area contributed by atoms with Gasteiger partial charge in [0.05, 0.1) is 0 Å². The molecule has 1 aromatic heterocycles. The Morgan fingerprint density at radius 1 is 1.30 bits per heavy atom. The number of hydrogen-bond acceptors (Lipinski definition) is 0. The van der Waals surface area contributed by atoms with Crippen molar-refractivity contribution in [1.82, 2.24) is 4.57 Å². The topological polar surface area (TPSA) is 4.93 Å². The average Bonchev–Trinajstić information content (AvgIpc) is 2.30. The summed E-state index contributed by atoms with van der Waals surface area (Å²) < 4.78 is 2.21. The molecule has 0 spiro atoms. The number of aromatic nitrogens is 1. The molecule has 0 atom stereocenters. The zero-order chi connectivity index (χ0) is 7.56. The molecule has 0 aromatic carbocycles. The van der Waals surface area contributed by atoms with Gasteiger partial charge in [-0.2, -0.15) is 0 Å². The van der Waals surface area contributed by atoms with Crippen LogP contribution in [-0.2, 0) is 19.9 Å². The maximum absolute atomic E-state index is 2.28. The van der Waals surface area contributed by atoms with Crippen molar-refractivity contribution in [1.29, 1.82) is 0 Å². The highest BCUT2D eigenvalue weighted by atomic mass is 14.9. The van der Waals surface area contributed by atoms with E-state index < -0.39 is 0 Å². The molecule has 0 N–H and O–H groups in total. The van der Waals surface area contributed by atoms with Gasteiger partial charge in [-0.1, -0.05) is 13.8 Å². The number of aryl methyl sites for hydroxylation is 3. The molecule has 0 aliphatic carbocycles. The van der Waals surface area contributed by atoms with Crippen molar-refractivity contribution in [2.24, 2.45) is 7.05 Å². The quantitative estimate of drug-likeness (QED) is 0.588. The fourth-order valence-corrected chi connectivity index (χ4v) is 1.23. The summed E-state index contributed by atoms with van der Waals surface area (Å²) in [6.07, 6.45) is 4.49. The minimum atomic E-state index is 1.14. The summed E-state index contributed by atoms with van der Waals surface area (Å²) in [4.78, 5) is 0. The smallest absolute Gasteiger partial charge is 0.0171 e. The van der Waals surface area contributed by atoms with E-state index in [1.54, 1.807) is 0 Å². The molecule has 0 amide bonds. The van der Waals surface area contributed by atoms with Gasteiger partial charge in [0.1, 0.15) is 0 Å². The van der Waals surface area contributed by atoms with Gasteiger partial charge in [-0.25, -0.2) is 0 Å². The van der Waals surface area contributed by atoms with Gasteiger partial charge in [0, 0.05) is 18.9 Å². The van der Waals surface area contributed by atoms with Crippen LogP contribution >= 0.6 is 0 Å².